The minimum atomic E-state index is -3.66. The third-order valence-electron chi connectivity index (χ3n) is 2.97. The molecule has 0 amide bonds. The van der Waals surface area contributed by atoms with Crippen LogP contribution < -0.4 is 0 Å². The Morgan fingerprint density at radius 1 is 1.23 bits per heavy atom. The molecular formula is C14H19NO6P+. The van der Waals surface area contributed by atoms with Crippen LogP contribution in [0, 0.1) is 12.8 Å². The minimum Gasteiger partial charge on any atom is -0.481 e. The number of carboxylic acid groups (broad SMARTS) is 2. The van der Waals surface area contributed by atoms with Crippen LogP contribution in [-0.2, 0) is 9.59 Å². The van der Waals surface area contributed by atoms with Crippen LogP contribution in [0.1, 0.15) is 18.4 Å². The molecule has 0 bridgehead atoms. The first-order valence-corrected chi connectivity index (χ1v) is 8.54. The van der Waals surface area contributed by atoms with E-state index in [-0.39, 0.29) is 12.8 Å². The van der Waals surface area contributed by atoms with Crippen LogP contribution in [-0.4, -0.2) is 44.1 Å². The fourth-order valence-electron chi connectivity index (χ4n) is 1.75. The number of aliphatic carboxylic acids is 2. The van der Waals surface area contributed by atoms with Gasteiger partial charge in [0.25, 0.3) is 0 Å². The second-order valence-electron chi connectivity index (χ2n) is 5.02. The summed E-state index contributed by atoms with van der Waals surface area (Å²) < 4.78 is 0. The molecule has 0 fully saturated rings. The van der Waals surface area contributed by atoms with E-state index in [1.54, 1.807) is 12.1 Å². The molecule has 0 spiro atoms. The van der Waals surface area contributed by atoms with Crippen molar-refractivity contribution in [2.45, 2.75) is 19.8 Å². The van der Waals surface area contributed by atoms with Crippen molar-refractivity contribution in [2.75, 3.05) is 6.16 Å². The van der Waals surface area contributed by atoms with E-state index in [2.05, 4.69) is 4.99 Å². The number of carboxylic acids is 2. The third-order valence-corrected chi connectivity index (χ3v) is 4.43. The summed E-state index contributed by atoms with van der Waals surface area (Å²) in [6.07, 6.45) is -0.928. The zero-order valence-electron chi connectivity index (χ0n) is 12.1. The molecule has 0 aliphatic rings. The molecule has 120 valence electrons. The summed E-state index contributed by atoms with van der Waals surface area (Å²) in [5.74, 6) is -2.55. The molecule has 0 aliphatic heterocycles. The van der Waals surface area contributed by atoms with Crippen molar-refractivity contribution in [3.05, 3.63) is 29.8 Å². The van der Waals surface area contributed by atoms with Gasteiger partial charge in [-0.2, -0.15) is 0 Å². The lowest BCUT2D eigenvalue weighted by molar-refractivity contribution is -0.142. The standard InChI is InChI=1S/C14H18NO6P/c1-10-2-5-12(6-3-10)15-9-22(20,21)8-11(14(18)19)4-7-13(16)17/h2-3,5-6,9,11,20-21H,4,7-8H2,1H3,(H-,16,17,18,19)/p+1. The van der Waals surface area contributed by atoms with Crippen molar-refractivity contribution in [2.24, 2.45) is 10.9 Å². The molecule has 1 aromatic carbocycles. The third kappa shape index (κ3) is 6.76. The molecule has 0 radical (unpaired) electrons. The Morgan fingerprint density at radius 3 is 2.32 bits per heavy atom. The molecule has 0 saturated carbocycles. The van der Waals surface area contributed by atoms with Gasteiger partial charge in [0.05, 0.1) is 11.6 Å². The van der Waals surface area contributed by atoms with Gasteiger partial charge in [0.2, 0.25) is 5.96 Å². The van der Waals surface area contributed by atoms with Crippen LogP contribution in [0.15, 0.2) is 29.3 Å². The smallest absolute Gasteiger partial charge is 0.312 e. The summed E-state index contributed by atoms with van der Waals surface area (Å²) in [7, 11) is -3.66. The molecule has 0 heterocycles. The highest BCUT2D eigenvalue weighted by molar-refractivity contribution is 7.79. The van der Waals surface area contributed by atoms with Gasteiger partial charge in [0.15, 0.2) is 0 Å². The zero-order valence-corrected chi connectivity index (χ0v) is 13.0. The van der Waals surface area contributed by atoms with Gasteiger partial charge in [-0.3, -0.25) is 9.59 Å². The van der Waals surface area contributed by atoms with Gasteiger partial charge in [-0.15, -0.1) is 0 Å². The lowest BCUT2D eigenvalue weighted by Crippen LogP contribution is -2.21. The first-order valence-electron chi connectivity index (χ1n) is 6.59. The second kappa shape index (κ2) is 7.98. The zero-order chi connectivity index (χ0) is 16.8. The van der Waals surface area contributed by atoms with Gasteiger partial charge in [-0.1, -0.05) is 17.7 Å². The number of benzene rings is 1. The molecule has 8 heteroatoms. The normalized spacial score (nSPS) is 13.2. The van der Waals surface area contributed by atoms with Gasteiger partial charge in [-0.05, 0) is 25.5 Å². The highest BCUT2D eigenvalue weighted by Gasteiger charge is 2.38. The Hall–Kier alpha value is -1.82. The van der Waals surface area contributed by atoms with E-state index in [4.69, 9.17) is 10.2 Å². The van der Waals surface area contributed by atoms with Crippen molar-refractivity contribution in [3.63, 3.8) is 0 Å². The molecule has 7 nitrogen and oxygen atoms in total. The number of aryl methyl sites for hydroxylation is 1. The topological polar surface area (TPSA) is 127 Å². The maximum atomic E-state index is 11.1. The average molecular weight is 328 g/mol. The van der Waals surface area contributed by atoms with Crippen molar-refractivity contribution >= 4 is 31.3 Å². The highest BCUT2D eigenvalue weighted by Crippen LogP contribution is 2.49. The summed E-state index contributed by atoms with van der Waals surface area (Å²) in [4.78, 5) is 45.3. The van der Waals surface area contributed by atoms with E-state index >= 15 is 0 Å². The predicted octanol–water partition coefficient (Wildman–Crippen LogP) is 2.05. The van der Waals surface area contributed by atoms with Crippen molar-refractivity contribution < 1.29 is 29.6 Å². The Morgan fingerprint density at radius 2 is 1.82 bits per heavy atom. The lowest BCUT2D eigenvalue weighted by Gasteiger charge is -2.13. The molecule has 1 rings (SSSR count). The number of rotatable bonds is 8. The molecule has 1 unspecified atom stereocenters. The molecule has 0 saturated heterocycles. The summed E-state index contributed by atoms with van der Waals surface area (Å²) in [5.41, 5.74) is 1.56. The quantitative estimate of drug-likeness (QED) is 0.427. The molecule has 0 aliphatic carbocycles. The Kier molecular flexibility index (Phi) is 6.61. The van der Waals surface area contributed by atoms with E-state index in [0.717, 1.165) is 11.5 Å². The molecule has 22 heavy (non-hydrogen) atoms. The monoisotopic (exact) mass is 328 g/mol. The van der Waals surface area contributed by atoms with E-state index in [9.17, 15) is 19.4 Å². The number of hydrogen-bond donors (Lipinski definition) is 4. The number of carbonyl (C=O) groups is 2. The summed E-state index contributed by atoms with van der Waals surface area (Å²) >= 11 is 0. The number of aliphatic imine (C=N–C) groups is 1. The maximum absolute atomic E-state index is 11.1. The van der Waals surface area contributed by atoms with Crippen LogP contribution in [0.5, 0.6) is 0 Å². The number of hydrogen-bond acceptors (Lipinski definition) is 5. The van der Waals surface area contributed by atoms with E-state index in [0.29, 0.717) is 5.69 Å². The minimum absolute atomic E-state index is 0.161. The summed E-state index contributed by atoms with van der Waals surface area (Å²) in [6.45, 7) is 1.91. The average Bonchev–Trinajstić information content (AvgIpc) is 2.42. The van der Waals surface area contributed by atoms with Crippen molar-refractivity contribution in [1.29, 1.82) is 0 Å². The van der Waals surface area contributed by atoms with Crippen LogP contribution in [0.2, 0.25) is 0 Å². The fourth-order valence-corrected chi connectivity index (χ4v) is 3.15. The molecule has 4 N–H and O–H groups in total. The highest BCUT2D eigenvalue weighted by atomic mass is 31.2. The van der Waals surface area contributed by atoms with Gasteiger partial charge < -0.3 is 10.2 Å². The van der Waals surface area contributed by atoms with Gasteiger partial charge in [0.1, 0.15) is 6.16 Å². The Bertz CT molecular complexity index is 555. The summed E-state index contributed by atoms with van der Waals surface area (Å²) in [5, 5.41) is 17.6. The SMILES string of the molecule is Cc1ccc(N=C[P+](O)(O)CC(CCC(=O)O)C(=O)O)cc1. The second-order valence-corrected chi connectivity index (χ2v) is 7.18. The van der Waals surface area contributed by atoms with Crippen molar-refractivity contribution in [1.82, 2.24) is 0 Å². The first-order chi connectivity index (χ1) is 10.2. The van der Waals surface area contributed by atoms with Crippen LogP contribution in [0.3, 0.4) is 0 Å². The molecular weight excluding hydrogens is 309 g/mol. The van der Waals surface area contributed by atoms with E-state index in [1.165, 1.54) is 0 Å². The largest absolute Gasteiger partial charge is 0.481 e. The first kappa shape index (κ1) is 18.2. The van der Waals surface area contributed by atoms with Crippen molar-refractivity contribution in [3.8, 4) is 0 Å². The van der Waals surface area contributed by atoms with Crippen LogP contribution in [0.4, 0.5) is 5.69 Å². The Balaban J connectivity index is 2.72. The van der Waals surface area contributed by atoms with Gasteiger partial charge in [-0.25, -0.2) is 14.8 Å². The molecule has 1 aromatic rings. The van der Waals surface area contributed by atoms with E-state index in [1.807, 2.05) is 19.1 Å². The summed E-state index contributed by atoms with van der Waals surface area (Å²) in [6, 6.07) is 7.03. The molecule has 1 atom stereocenters. The number of nitrogens with zero attached hydrogens (tertiary/aromatic N) is 1. The van der Waals surface area contributed by atoms with E-state index < -0.39 is 31.7 Å². The fraction of sp³-hybridized carbons (Fsp3) is 0.357. The van der Waals surface area contributed by atoms with Gasteiger partial charge in [0, 0.05) is 6.42 Å². The van der Waals surface area contributed by atoms with Crippen LogP contribution >= 0.6 is 7.72 Å². The lowest BCUT2D eigenvalue weighted by atomic mass is 10.1. The predicted molar refractivity (Wildman–Crippen MR) is 83.6 cm³/mol. The Labute approximate surface area is 128 Å². The van der Waals surface area contributed by atoms with Crippen LogP contribution in [0.25, 0.3) is 0 Å². The molecule has 0 aromatic heterocycles. The maximum Gasteiger partial charge on any atom is 0.312 e. The van der Waals surface area contributed by atoms with Gasteiger partial charge >= 0.3 is 19.7 Å².